The van der Waals surface area contributed by atoms with Crippen molar-refractivity contribution in [2.24, 2.45) is 5.41 Å². The van der Waals surface area contributed by atoms with E-state index >= 15 is 0 Å². The number of ether oxygens (including phenoxy) is 1. The molecule has 0 radical (unpaired) electrons. The van der Waals surface area contributed by atoms with Gasteiger partial charge >= 0.3 is 0 Å². The van der Waals surface area contributed by atoms with Crippen molar-refractivity contribution in [3.63, 3.8) is 0 Å². The molecule has 6 heteroatoms. The number of hydrogen-bond donors (Lipinski definition) is 0. The van der Waals surface area contributed by atoms with Crippen LogP contribution in [0.25, 0.3) is 10.9 Å². The van der Waals surface area contributed by atoms with Gasteiger partial charge in [0.1, 0.15) is 6.54 Å². The summed E-state index contributed by atoms with van der Waals surface area (Å²) < 4.78 is 7.13. The molecule has 144 valence electrons. The lowest BCUT2D eigenvalue weighted by molar-refractivity contribution is -0.146. The van der Waals surface area contributed by atoms with Gasteiger partial charge in [0.25, 0.3) is 0 Å². The zero-order valence-electron chi connectivity index (χ0n) is 15.9. The number of carbonyl (C=O) groups excluding carboxylic acids is 2. The maximum Gasteiger partial charge on any atom is 0.242 e. The highest BCUT2D eigenvalue weighted by atomic mass is 16.5. The standard InChI is InChI=1S/C21H27N3O3/c1-27-14-13-22-10-4-8-21(20(22)26)9-12-24(16-21)19(25)15-23-11-7-17-5-2-3-6-18(17)23/h2-3,5-7,11H,4,8-10,12-16H2,1H3/t21-/m0/s1. The Hall–Kier alpha value is -2.34. The molecule has 27 heavy (non-hydrogen) atoms. The number of amides is 2. The van der Waals surface area contributed by atoms with Gasteiger partial charge in [0.05, 0.1) is 12.0 Å². The Morgan fingerprint density at radius 3 is 2.89 bits per heavy atom. The van der Waals surface area contributed by atoms with Crippen LogP contribution in [0.4, 0.5) is 0 Å². The Morgan fingerprint density at radius 2 is 2.04 bits per heavy atom. The quantitative estimate of drug-likeness (QED) is 0.811. The average molecular weight is 369 g/mol. The third-order valence-corrected chi connectivity index (χ3v) is 6.08. The van der Waals surface area contributed by atoms with Crippen LogP contribution in [-0.2, 0) is 20.9 Å². The molecule has 4 rings (SSSR count). The number of fused-ring (bicyclic) bond motifs is 1. The monoisotopic (exact) mass is 369 g/mol. The molecule has 1 aromatic carbocycles. The van der Waals surface area contributed by atoms with Crippen LogP contribution < -0.4 is 0 Å². The summed E-state index contributed by atoms with van der Waals surface area (Å²) in [5, 5.41) is 1.14. The number of piperidine rings is 1. The summed E-state index contributed by atoms with van der Waals surface area (Å²) in [7, 11) is 1.66. The fraction of sp³-hybridized carbons (Fsp3) is 0.524. The lowest BCUT2D eigenvalue weighted by Crippen LogP contribution is -2.51. The van der Waals surface area contributed by atoms with Crippen LogP contribution in [0, 0.1) is 5.41 Å². The first-order valence-electron chi connectivity index (χ1n) is 9.73. The zero-order valence-corrected chi connectivity index (χ0v) is 15.9. The van der Waals surface area contributed by atoms with E-state index in [1.165, 1.54) is 0 Å². The van der Waals surface area contributed by atoms with Crippen molar-refractivity contribution in [3.05, 3.63) is 36.5 Å². The van der Waals surface area contributed by atoms with Crippen LogP contribution in [-0.4, -0.2) is 66.1 Å². The molecular weight excluding hydrogens is 342 g/mol. The molecule has 0 aliphatic carbocycles. The summed E-state index contributed by atoms with van der Waals surface area (Å²) in [6.45, 7) is 3.54. The summed E-state index contributed by atoms with van der Waals surface area (Å²) in [5.74, 6) is 0.294. The highest BCUT2D eigenvalue weighted by molar-refractivity contribution is 5.87. The van der Waals surface area contributed by atoms with Crippen molar-refractivity contribution >= 4 is 22.7 Å². The maximum atomic E-state index is 13.0. The third-order valence-electron chi connectivity index (χ3n) is 6.08. The molecule has 2 aliphatic rings. The lowest BCUT2D eigenvalue weighted by atomic mass is 9.78. The first-order chi connectivity index (χ1) is 13.1. The normalized spacial score (nSPS) is 22.9. The van der Waals surface area contributed by atoms with E-state index in [2.05, 4.69) is 6.07 Å². The van der Waals surface area contributed by atoms with E-state index in [-0.39, 0.29) is 17.2 Å². The summed E-state index contributed by atoms with van der Waals surface area (Å²) in [4.78, 5) is 29.7. The van der Waals surface area contributed by atoms with Gasteiger partial charge in [-0.2, -0.15) is 0 Å². The van der Waals surface area contributed by atoms with E-state index < -0.39 is 0 Å². The molecule has 2 fully saturated rings. The van der Waals surface area contributed by atoms with Crippen molar-refractivity contribution in [1.29, 1.82) is 0 Å². The Morgan fingerprint density at radius 1 is 1.19 bits per heavy atom. The van der Waals surface area contributed by atoms with E-state index in [0.717, 1.165) is 36.7 Å². The molecule has 3 heterocycles. The predicted molar refractivity (Wildman–Crippen MR) is 103 cm³/mol. The molecule has 1 spiro atoms. The Kier molecular flexibility index (Phi) is 4.91. The average Bonchev–Trinajstić information content (AvgIpc) is 3.29. The first-order valence-corrected chi connectivity index (χ1v) is 9.73. The molecule has 0 saturated carbocycles. The van der Waals surface area contributed by atoms with Crippen molar-refractivity contribution < 1.29 is 14.3 Å². The Bertz CT molecular complexity index is 846. The molecule has 2 aliphatic heterocycles. The molecule has 6 nitrogen and oxygen atoms in total. The molecule has 0 N–H and O–H groups in total. The molecule has 0 unspecified atom stereocenters. The molecular formula is C21H27N3O3. The number of nitrogens with zero attached hydrogens (tertiary/aromatic N) is 3. The summed E-state index contributed by atoms with van der Waals surface area (Å²) in [5.41, 5.74) is 0.680. The highest BCUT2D eigenvalue weighted by Gasteiger charge is 2.49. The van der Waals surface area contributed by atoms with Gasteiger partial charge in [0.15, 0.2) is 0 Å². The number of aromatic nitrogens is 1. The van der Waals surface area contributed by atoms with E-state index in [4.69, 9.17) is 4.74 Å². The summed E-state index contributed by atoms with van der Waals surface area (Å²) in [6.07, 6.45) is 4.62. The third kappa shape index (κ3) is 3.34. The minimum absolute atomic E-state index is 0.0926. The van der Waals surface area contributed by atoms with Gasteiger partial charge < -0.3 is 19.1 Å². The van der Waals surface area contributed by atoms with Gasteiger partial charge in [0.2, 0.25) is 11.8 Å². The number of likely N-dealkylation sites (tertiary alicyclic amines) is 2. The number of benzene rings is 1. The van der Waals surface area contributed by atoms with Gasteiger partial charge in [0, 0.05) is 45.0 Å². The first kappa shape index (κ1) is 18.0. The Labute approximate surface area is 159 Å². The number of para-hydroxylation sites is 1. The van der Waals surface area contributed by atoms with Gasteiger partial charge in [-0.1, -0.05) is 18.2 Å². The molecule has 1 aromatic heterocycles. The SMILES string of the molecule is COCCN1CCC[C@@]2(CCN(C(=O)Cn3ccc4ccccc43)C2)C1=O. The summed E-state index contributed by atoms with van der Waals surface area (Å²) in [6, 6.07) is 10.1. The van der Waals surface area contributed by atoms with E-state index in [1.54, 1.807) is 7.11 Å². The van der Waals surface area contributed by atoms with Crippen LogP contribution in [0.5, 0.6) is 0 Å². The topological polar surface area (TPSA) is 54.8 Å². The van der Waals surface area contributed by atoms with Gasteiger partial charge in [-0.05, 0) is 36.8 Å². The molecule has 2 saturated heterocycles. The van der Waals surface area contributed by atoms with Gasteiger partial charge in [-0.15, -0.1) is 0 Å². The van der Waals surface area contributed by atoms with Crippen molar-refractivity contribution in [2.75, 3.05) is 39.9 Å². The minimum atomic E-state index is -0.388. The fourth-order valence-corrected chi connectivity index (χ4v) is 4.56. The Balaban J connectivity index is 1.44. The van der Waals surface area contributed by atoms with Gasteiger partial charge in [-0.25, -0.2) is 0 Å². The summed E-state index contributed by atoms with van der Waals surface area (Å²) >= 11 is 0. The van der Waals surface area contributed by atoms with Crippen LogP contribution >= 0.6 is 0 Å². The molecule has 0 bridgehead atoms. The largest absolute Gasteiger partial charge is 0.383 e. The molecule has 2 aromatic rings. The van der Waals surface area contributed by atoms with Crippen LogP contribution in [0.3, 0.4) is 0 Å². The molecule has 2 amide bonds. The smallest absolute Gasteiger partial charge is 0.242 e. The predicted octanol–water partition coefficient (Wildman–Crippen LogP) is 2.13. The van der Waals surface area contributed by atoms with Gasteiger partial charge in [-0.3, -0.25) is 9.59 Å². The highest BCUT2D eigenvalue weighted by Crippen LogP contribution is 2.40. The number of methoxy groups -OCH3 is 1. The van der Waals surface area contributed by atoms with E-state index in [0.29, 0.717) is 32.8 Å². The van der Waals surface area contributed by atoms with Crippen molar-refractivity contribution in [2.45, 2.75) is 25.8 Å². The van der Waals surface area contributed by atoms with Crippen molar-refractivity contribution in [3.8, 4) is 0 Å². The number of carbonyl (C=O) groups is 2. The minimum Gasteiger partial charge on any atom is -0.383 e. The lowest BCUT2D eigenvalue weighted by Gasteiger charge is -2.39. The fourth-order valence-electron chi connectivity index (χ4n) is 4.56. The second kappa shape index (κ2) is 7.35. The number of hydrogen-bond acceptors (Lipinski definition) is 3. The van der Waals surface area contributed by atoms with Crippen molar-refractivity contribution in [1.82, 2.24) is 14.4 Å². The second-order valence-corrected chi connectivity index (χ2v) is 7.74. The van der Waals surface area contributed by atoms with Crippen LogP contribution in [0.1, 0.15) is 19.3 Å². The van der Waals surface area contributed by atoms with E-state index in [1.807, 2.05) is 44.8 Å². The molecule has 1 atom stereocenters. The number of rotatable bonds is 5. The second-order valence-electron chi connectivity index (χ2n) is 7.74. The van der Waals surface area contributed by atoms with Crippen LogP contribution in [0.15, 0.2) is 36.5 Å². The van der Waals surface area contributed by atoms with E-state index in [9.17, 15) is 9.59 Å². The zero-order chi connectivity index (χ0) is 18.9. The van der Waals surface area contributed by atoms with Crippen LogP contribution in [0.2, 0.25) is 0 Å². The maximum absolute atomic E-state index is 13.0.